The van der Waals surface area contributed by atoms with Gasteiger partial charge in [-0.2, -0.15) is 0 Å². The predicted molar refractivity (Wildman–Crippen MR) is 55.3 cm³/mol. The molecule has 2 heterocycles. The van der Waals surface area contributed by atoms with Gasteiger partial charge in [0.15, 0.2) is 0 Å². The van der Waals surface area contributed by atoms with Crippen molar-refractivity contribution in [1.29, 1.82) is 0 Å². The Kier molecular flexibility index (Phi) is 3.87. The zero-order chi connectivity index (χ0) is 11.9. The molecular weight excluding hydrogens is 237 g/mol. The van der Waals surface area contributed by atoms with Crippen molar-refractivity contribution >= 4 is 16.7 Å². The van der Waals surface area contributed by atoms with Gasteiger partial charge in [-0.05, 0) is 12.1 Å². The van der Waals surface area contributed by atoms with E-state index in [-0.39, 0.29) is 40.6 Å². The second-order valence-electron chi connectivity index (χ2n) is 3.19. The van der Waals surface area contributed by atoms with E-state index in [2.05, 4.69) is 4.98 Å². The van der Waals surface area contributed by atoms with Crippen LogP contribution in [0.3, 0.4) is 0 Å². The van der Waals surface area contributed by atoms with Gasteiger partial charge in [0.2, 0.25) is 5.75 Å². The minimum absolute atomic E-state index is 0. The molecule has 82 valence electrons. The largest absolute Gasteiger partial charge is 1.00 e. The summed E-state index contributed by atoms with van der Waals surface area (Å²) in [5.41, 5.74) is -1.51. The minimum Gasteiger partial charge on any atom is -0.501 e. The Balaban J connectivity index is 0.00000144. The zero-order valence-corrected chi connectivity index (χ0v) is 11.2. The van der Waals surface area contributed by atoms with Crippen LogP contribution in [0, 0.1) is 10.1 Å². The fourth-order valence-corrected chi connectivity index (χ4v) is 1.50. The van der Waals surface area contributed by atoms with Crippen molar-refractivity contribution in [3.63, 3.8) is 0 Å². The number of pyridine rings is 2. The first-order chi connectivity index (χ1) is 7.54. The SMILES string of the molecule is Cn1c(=O)c([N+](=O)[O-])c(O)c2cccnc21.[Na+]. The zero-order valence-electron chi connectivity index (χ0n) is 9.25. The normalized spacial score (nSPS) is 9.94. The van der Waals surface area contributed by atoms with Crippen molar-refractivity contribution in [1.82, 2.24) is 9.55 Å². The van der Waals surface area contributed by atoms with Crippen LogP contribution >= 0.6 is 0 Å². The van der Waals surface area contributed by atoms with E-state index in [1.807, 2.05) is 0 Å². The first-order valence-electron chi connectivity index (χ1n) is 4.35. The molecule has 1 N–H and O–H groups in total. The topological polar surface area (TPSA) is 98.3 Å². The maximum Gasteiger partial charge on any atom is 1.00 e. The molecule has 0 amide bonds. The van der Waals surface area contributed by atoms with E-state index < -0.39 is 21.9 Å². The van der Waals surface area contributed by atoms with Gasteiger partial charge in [-0.3, -0.25) is 19.5 Å². The van der Waals surface area contributed by atoms with E-state index in [1.54, 1.807) is 0 Å². The van der Waals surface area contributed by atoms with Crippen molar-refractivity contribution in [2.24, 2.45) is 7.05 Å². The smallest absolute Gasteiger partial charge is 0.501 e. The average Bonchev–Trinajstić information content (AvgIpc) is 2.26. The van der Waals surface area contributed by atoms with E-state index in [9.17, 15) is 20.0 Å². The third kappa shape index (κ3) is 2.04. The number of aromatic hydroxyl groups is 1. The molecule has 0 aromatic carbocycles. The van der Waals surface area contributed by atoms with Gasteiger partial charge in [0.05, 0.1) is 10.3 Å². The average molecular weight is 244 g/mol. The van der Waals surface area contributed by atoms with Crippen LogP contribution in [0.1, 0.15) is 0 Å². The number of rotatable bonds is 1. The molecule has 0 radical (unpaired) electrons. The predicted octanol–water partition coefficient (Wildman–Crippen LogP) is -2.45. The fourth-order valence-electron chi connectivity index (χ4n) is 1.50. The molecule has 0 bridgehead atoms. The first kappa shape index (κ1) is 13.6. The van der Waals surface area contributed by atoms with Crippen molar-refractivity contribution < 1.29 is 39.6 Å². The van der Waals surface area contributed by atoms with Gasteiger partial charge in [0, 0.05) is 13.2 Å². The molecule has 0 aliphatic heterocycles. The van der Waals surface area contributed by atoms with Crippen LogP contribution in [0.5, 0.6) is 5.75 Å². The van der Waals surface area contributed by atoms with Crippen molar-refractivity contribution in [3.05, 3.63) is 38.8 Å². The molecule has 0 aliphatic carbocycles. The number of nitrogens with zero attached hydrogens (tertiary/aromatic N) is 3. The van der Waals surface area contributed by atoms with Gasteiger partial charge < -0.3 is 5.11 Å². The summed E-state index contributed by atoms with van der Waals surface area (Å²) in [6, 6.07) is 2.99. The van der Waals surface area contributed by atoms with Gasteiger partial charge in [-0.1, -0.05) is 0 Å². The van der Waals surface area contributed by atoms with E-state index in [1.165, 1.54) is 25.4 Å². The second kappa shape index (κ2) is 4.82. The molecule has 2 rings (SSSR count). The maximum atomic E-state index is 11.6. The van der Waals surface area contributed by atoms with Crippen LogP contribution in [0.4, 0.5) is 5.69 Å². The Morgan fingerprint density at radius 2 is 2.18 bits per heavy atom. The van der Waals surface area contributed by atoms with E-state index in [0.29, 0.717) is 0 Å². The minimum atomic E-state index is -0.899. The van der Waals surface area contributed by atoms with E-state index >= 15 is 0 Å². The number of aromatic nitrogens is 2. The van der Waals surface area contributed by atoms with Crippen molar-refractivity contribution in [2.75, 3.05) is 0 Å². The fraction of sp³-hybridized carbons (Fsp3) is 0.111. The monoisotopic (exact) mass is 244 g/mol. The molecule has 0 fully saturated rings. The van der Waals surface area contributed by atoms with Crippen LogP contribution in [-0.2, 0) is 7.05 Å². The van der Waals surface area contributed by atoms with E-state index in [0.717, 1.165) is 4.57 Å². The third-order valence-corrected chi connectivity index (χ3v) is 2.27. The summed E-state index contributed by atoms with van der Waals surface area (Å²) < 4.78 is 1.03. The molecule has 0 saturated heterocycles. The number of hydrogen-bond donors (Lipinski definition) is 1. The van der Waals surface area contributed by atoms with Gasteiger partial charge in [0.25, 0.3) is 0 Å². The second-order valence-corrected chi connectivity index (χ2v) is 3.19. The molecule has 0 saturated carbocycles. The van der Waals surface area contributed by atoms with Crippen LogP contribution in [0.15, 0.2) is 23.1 Å². The summed E-state index contributed by atoms with van der Waals surface area (Å²) in [6.45, 7) is 0. The van der Waals surface area contributed by atoms with Gasteiger partial charge in [-0.25, -0.2) is 4.98 Å². The molecule has 2 aromatic heterocycles. The third-order valence-electron chi connectivity index (χ3n) is 2.27. The summed E-state index contributed by atoms with van der Waals surface area (Å²) in [4.78, 5) is 25.2. The quantitative estimate of drug-likeness (QED) is 0.341. The molecular formula is C9H7N3NaO4+. The van der Waals surface area contributed by atoms with Crippen molar-refractivity contribution in [3.8, 4) is 5.75 Å². The number of nitro groups is 1. The Morgan fingerprint density at radius 3 is 2.76 bits per heavy atom. The van der Waals surface area contributed by atoms with Crippen LogP contribution in [0.25, 0.3) is 11.0 Å². The van der Waals surface area contributed by atoms with Crippen LogP contribution < -0.4 is 35.1 Å². The molecule has 0 unspecified atom stereocenters. The van der Waals surface area contributed by atoms with Crippen LogP contribution in [0.2, 0.25) is 0 Å². The molecule has 0 spiro atoms. The number of hydrogen-bond acceptors (Lipinski definition) is 5. The molecule has 2 aromatic rings. The maximum absolute atomic E-state index is 11.6. The summed E-state index contributed by atoms with van der Waals surface area (Å²) in [5, 5.41) is 20.5. The molecule has 0 aliphatic rings. The summed E-state index contributed by atoms with van der Waals surface area (Å²) >= 11 is 0. The van der Waals surface area contributed by atoms with Gasteiger partial charge >= 0.3 is 40.8 Å². The summed E-state index contributed by atoms with van der Waals surface area (Å²) in [6.07, 6.45) is 1.44. The molecule has 7 nitrogen and oxygen atoms in total. The number of aryl methyl sites for hydroxylation is 1. The Morgan fingerprint density at radius 1 is 1.53 bits per heavy atom. The molecule has 0 atom stereocenters. The Hall–Kier alpha value is -1.44. The van der Waals surface area contributed by atoms with Crippen molar-refractivity contribution in [2.45, 2.75) is 0 Å². The summed E-state index contributed by atoms with van der Waals surface area (Å²) in [5.74, 6) is -0.642. The summed E-state index contributed by atoms with van der Waals surface area (Å²) in [7, 11) is 1.37. The van der Waals surface area contributed by atoms with Gasteiger partial charge in [-0.15, -0.1) is 0 Å². The number of fused-ring (bicyclic) bond motifs is 1. The van der Waals surface area contributed by atoms with Crippen LogP contribution in [-0.4, -0.2) is 19.6 Å². The van der Waals surface area contributed by atoms with E-state index in [4.69, 9.17) is 0 Å². The first-order valence-corrected chi connectivity index (χ1v) is 4.35. The molecule has 17 heavy (non-hydrogen) atoms. The Labute approximate surface area is 117 Å². The Bertz CT molecular complexity index is 652. The van der Waals surface area contributed by atoms with Gasteiger partial charge in [0.1, 0.15) is 5.65 Å². The standard InChI is InChI=1S/C9H7N3O4.Na/c1-11-8-5(3-2-4-10-8)7(13)6(9(11)14)12(15)16;/h2-4,13H,1H3;/q;+1. The molecule has 8 heteroatoms.